The molecule has 1 heterocycles. The normalized spacial score (nSPS) is 12.8. The van der Waals surface area contributed by atoms with Gasteiger partial charge in [0.15, 0.2) is 0 Å². The average Bonchev–Trinajstić information content (AvgIpc) is 2.94. The van der Waals surface area contributed by atoms with Gasteiger partial charge in [0.25, 0.3) is 15.9 Å². The number of nitrogens with one attached hydrogen (secondary N) is 1. The minimum absolute atomic E-state index is 0.0348. The zero-order valence-corrected chi connectivity index (χ0v) is 14.9. The van der Waals surface area contributed by atoms with E-state index >= 15 is 0 Å². The predicted molar refractivity (Wildman–Crippen MR) is 87.6 cm³/mol. The lowest BCUT2D eigenvalue weighted by molar-refractivity contribution is -0.126. The molecule has 0 fully saturated rings. The van der Waals surface area contributed by atoms with Crippen LogP contribution in [0, 0.1) is 0 Å². The Hall–Kier alpha value is -1.63. The molecule has 1 unspecified atom stereocenters. The zero-order chi connectivity index (χ0) is 18.2. The van der Waals surface area contributed by atoms with Gasteiger partial charge in [-0.05, 0) is 12.8 Å². The van der Waals surface area contributed by atoms with E-state index in [1.165, 1.54) is 7.11 Å². The summed E-state index contributed by atoms with van der Waals surface area (Å²) >= 11 is 0.667. The number of carbonyl (C=O) groups is 2. The van der Waals surface area contributed by atoms with Gasteiger partial charge >= 0.3 is 0 Å². The summed E-state index contributed by atoms with van der Waals surface area (Å²) in [6.07, 6.45) is 3.30. The smallest absolute Gasteiger partial charge is 0.267 e. The van der Waals surface area contributed by atoms with Crippen LogP contribution >= 0.6 is 11.3 Å². The second-order valence-electron chi connectivity index (χ2n) is 5.05. The van der Waals surface area contributed by atoms with Gasteiger partial charge in [-0.1, -0.05) is 30.6 Å². The largest absolute Gasteiger partial charge is 0.372 e. The topological polar surface area (TPSA) is 167 Å². The molecular weight excluding hydrogens is 358 g/mol. The van der Waals surface area contributed by atoms with Crippen LogP contribution < -0.4 is 16.2 Å². The molecule has 1 atom stereocenters. The van der Waals surface area contributed by atoms with E-state index in [0.29, 0.717) is 24.2 Å². The molecule has 0 aliphatic heterocycles. The SMILES string of the molecule is COC(CCCCCCC(N)=O)C(=O)Nc1nnc(S(N)(=O)=O)s1. The number of anilines is 1. The number of primary sulfonamides is 1. The molecule has 10 nitrogen and oxygen atoms in total. The van der Waals surface area contributed by atoms with Crippen LogP contribution in [0.25, 0.3) is 0 Å². The van der Waals surface area contributed by atoms with E-state index in [0.717, 1.165) is 25.7 Å². The highest BCUT2D eigenvalue weighted by molar-refractivity contribution is 7.91. The summed E-state index contributed by atoms with van der Waals surface area (Å²) in [6.45, 7) is 0. The van der Waals surface area contributed by atoms with Gasteiger partial charge in [0.2, 0.25) is 15.4 Å². The molecule has 0 saturated heterocycles. The maximum absolute atomic E-state index is 12.1. The van der Waals surface area contributed by atoms with Crippen LogP contribution in [0.15, 0.2) is 4.34 Å². The Morgan fingerprint density at radius 2 is 1.92 bits per heavy atom. The van der Waals surface area contributed by atoms with Gasteiger partial charge in [-0.3, -0.25) is 14.9 Å². The monoisotopic (exact) mass is 379 g/mol. The highest BCUT2D eigenvalue weighted by atomic mass is 32.2. The minimum Gasteiger partial charge on any atom is -0.372 e. The van der Waals surface area contributed by atoms with Crippen molar-refractivity contribution < 1.29 is 22.7 Å². The van der Waals surface area contributed by atoms with Crippen molar-refractivity contribution in [1.82, 2.24) is 10.2 Å². The predicted octanol–water partition coefficient (Wildman–Crippen LogP) is -0.0351. The lowest BCUT2D eigenvalue weighted by Crippen LogP contribution is -2.29. The Bertz CT molecular complexity index is 661. The Labute approximate surface area is 144 Å². The van der Waals surface area contributed by atoms with Gasteiger partial charge in [0.05, 0.1) is 0 Å². The quantitative estimate of drug-likeness (QED) is 0.358. The van der Waals surface area contributed by atoms with Gasteiger partial charge in [0, 0.05) is 13.5 Å². The minimum atomic E-state index is -3.94. The van der Waals surface area contributed by atoms with E-state index in [2.05, 4.69) is 15.5 Å². The lowest BCUT2D eigenvalue weighted by atomic mass is 10.1. The Morgan fingerprint density at radius 3 is 2.46 bits per heavy atom. The maximum atomic E-state index is 12.1. The first-order chi connectivity index (χ1) is 11.2. The Kier molecular flexibility index (Phi) is 8.18. The summed E-state index contributed by atoms with van der Waals surface area (Å²) < 4.78 is 27.0. The molecule has 0 bridgehead atoms. The summed E-state index contributed by atoms with van der Waals surface area (Å²) in [5, 5.41) is 14.4. The number of nitrogens with two attached hydrogens (primary N) is 2. The van der Waals surface area contributed by atoms with E-state index in [4.69, 9.17) is 15.6 Å². The van der Waals surface area contributed by atoms with E-state index in [-0.39, 0.29) is 15.4 Å². The molecule has 136 valence electrons. The number of sulfonamides is 1. The number of ether oxygens (including phenoxy) is 1. The van der Waals surface area contributed by atoms with E-state index in [1.807, 2.05) is 0 Å². The van der Waals surface area contributed by atoms with Gasteiger partial charge in [-0.15, -0.1) is 10.2 Å². The molecule has 0 radical (unpaired) electrons. The van der Waals surface area contributed by atoms with Crippen molar-refractivity contribution in [3.63, 3.8) is 0 Å². The Balaban J connectivity index is 2.40. The molecule has 24 heavy (non-hydrogen) atoms. The average molecular weight is 379 g/mol. The second kappa shape index (κ2) is 9.61. The van der Waals surface area contributed by atoms with Crippen molar-refractivity contribution in [2.24, 2.45) is 10.9 Å². The molecule has 0 aromatic carbocycles. The number of rotatable bonds is 11. The van der Waals surface area contributed by atoms with Crippen LogP contribution in [0.3, 0.4) is 0 Å². The third-order valence-corrected chi connectivity index (χ3v) is 5.25. The third-order valence-electron chi connectivity index (χ3n) is 3.10. The molecule has 2 amide bonds. The summed E-state index contributed by atoms with van der Waals surface area (Å²) in [5.41, 5.74) is 5.05. The number of hydrogen-bond donors (Lipinski definition) is 3. The van der Waals surface area contributed by atoms with Crippen LogP contribution in [0.5, 0.6) is 0 Å². The number of unbranched alkanes of at least 4 members (excludes halogenated alkanes) is 3. The van der Waals surface area contributed by atoms with Crippen LogP contribution in [0.4, 0.5) is 5.13 Å². The standard InChI is InChI=1S/C12H21N5O5S2/c1-22-8(6-4-2-3-5-7-9(13)18)10(19)15-11-16-17-12(23-11)24(14,20)21/h8H,2-7H2,1H3,(H2,13,18)(H2,14,20,21)(H,15,16,19). The molecule has 12 heteroatoms. The van der Waals surface area contributed by atoms with Crippen molar-refractivity contribution in [1.29, 1.82) is 0 Å². The fourth-order valence-electron chi connectivity index (χ4n) is 1.90. The molecule has 1 aromatic heterocycles. The molecule has 0 aliphatic rings. The number of aromatic nitrogens is 2. The van der Waals surface area contributed by atoms with Crippen molar-refractivity contribution in [3.05, 3.63) is 0 Å². The van der Waals surface area contributed by atoms with Crippen molar-refractivity contribution in [2.75, 3.05) is 12.4 Å². The molecule has 1 rings (SSSR count). The molecule has 0 saturated carbocycles. The van der Waals surface area contributed by atoms with Crippen LogP contribution in [0.2, 0.25) is 0 Å². The number of methoxy groups -OCH3 is 1. The summed E-state index contributed by atoms with van der Waals surface area (Å²) in [4.78, 5) is 22.7. The summed E-state index contributed by atoms with van der Waals surface area (Å²) in [7, 11) is -2.53. The van der Waals surface area contributed by atoms with E-state index in [9.17, 15) is 18.0 Å². The van der Waals surface area contributed by atoms with Crippen LogP contribution in [-0.2, 0) is 24.3 Å². The molecule has 0 aliphatic carbocycles. The first kappa shape index (κ1) is 20.4. The van der Waals surface area contributed by atoms with Gasteiger partial charge in [-0.2, -0.15) is 0 Å². The number of hydrogen-bond acceptors (Lipinski definition) is 8. The number of carbonyl (C=O) groups excluding carboxylic acids is 2. The second-order valence-corrected chi connectivity index (χ2v) is 7.76. The van der Waals surface area contributed by atoms with Gasteiger partial charge in [0.1, 0.15) is 6.10 Å². The first-order valence-electron chi connectivity index (χ1n) is 7.22. The highest BCUT2D eigenvalue weighted by Gasteiger charge is 2.21. The first-order valence-corrected chi connectivity index (χ1v) is 9.58. The fraction of sp³-hybridized carbons (Fsp3) is 0.667. The molecule has 0 spiro atoms. The van der Waals surface area contributed by atoms with E-state index < -0.39 is 22.0 Å². The molecule has 1 aromatic rings. The molecular formula is C12H21N5O5S2. The lowest BCUT2D eigenvalue weighted by Gasteiger charge is -2.13. The highest BCUT2D eigenvalue weighted by Crippen LogP contribution is 2.19. The van der Waals surface area contributed by atoms with Crippen molar-refractivity contribution in [2.45, 2.75) is 49.0 Å². The van der Waals surface area contributed by atoms with Crippen LogP contribution in [-0.4, -0.2) is 43.6 Å². The maximum Gasteiger partial charge on any atom is 0.267 e. The number of nitrogens with zero attached hydrogens (tertiary/aromatic N) is 2. The van der Waals surface area contributed by atoms with Gasteiger partial charge in [-0.25, -0.2) is 13.6 Å². The van der Waals surface area contributed by atoms with Crippen LogP contribution in [0.1, 0.15) is 38.5 Å². The van der Waals surface area contributed by atoms with Crippen molar-refractivity contribution in [3.8, 4) is 0 Å². The third kappa shape index (κ3) is 7.29. The number of primary amides is 1. The van der Waals surface area contributed by atoms with E-state index in [1.54, 1.807) is 0 Å². The van der Waals surface area contributed by atoms with Gasteiger partial charge < -0.3 is 10.5 Å². The molecule has 5 N–H and O–H groups in total. The fourth-order valence-corrected chi connectivity index (χ4v) is 3.24. The summed E-state index contributed by atoms with van der Waals surface area (Å²) in [5.74, 6) is -0.758. The zero-order valence-electron chi connectivity index (χ0n) is 13.2. The number of amides is 2. The van der Waals surface area contributed by atoms with Crippen molar-refractivity contribution >= 4 is 38.3 Å². The summed E-state index contributed by atoms with van der Waals surface area (Å²) in [6, 6.07) is 0. The Morgan fingerprint density at radius 1 is 1.25 bits per heavy atom.